The first kappa shape index (κ1) is 17.8. The van der Waals surface area contributed by atoms with Gasteiger partial charge in [-0.3, -0.25) is 0 Å². The van der Waals surface area contributed by atoms with E-state index in [0.717, 1.165) is 42.9 Å². The lowest BCUT2D eigenvalue weighted by Gasteiger charge is -2.22. The number of nitrogens with one attached hydrogen (secondary N) is 1. The van der Waals surface area contributed by atoms with Crippen molar-refractivity contribution in [1.29, 1.82) is 0 Å². The van der Waals surface area contributed by atoms with Crippen LogP contribution in [0.4, 0.5) is 0 Å². The molecule has 120 valence electrons. The summed E-state index contributed by atoms with van der Waals surface area (Å²) in [5, 5.41) is 12.7. The molecular formula is C17H29NO3. The molecule has 0 radical (unpaired) electrons. The molecule has 1 aromatic rings. The number of aliphatic hydroxyl groups excluding tert-OH is 1. The van der Waals surface area contributed by atoms with Crippen LogP contribution < -0.4 is 14.8 Å². The lowest BCUT2D eigenvalue weighted by molar-refractivity contribution is 0.245. The van der Waals surface area contributed by atoms with Gasteiger partial charge in [0.2, 0.25) is 0 Å². The standard InChI is InChI=1S/C17H29NO3/c1-5-6-14(9-10-19)12-18-13(2)16-8-7-15(20-3)11-17(16)21-4/h7-8,11,13-14,18-19H,5-6,9-10,12H2,1-4H3. The van der Waals surface area contributed by atoms with Crippen molar-refractivity contribution in [2.45, 2.75) is 39.2 Å². The van der Waals surface area contributed by atoms with Crippen molar-refractivity contribution in [2.75, 3.05) is 27.4 Å². The van der Waals surface area contributed by atoms with Gasteiger partial charge < -0.3 is 19.9 Å². The Bertz CT molecular complexity index is 403. The van der Waals surface area contributed by atoms with Gasteiger partial charge in [-0.1, -0.05) is 19.4 Å². The van der Waals surface area contributed by atoms with Crippen LogP contribution in [-0.4, -0.2) is 32.5 Å². The molecule has 0 spiro atoms. The molecule has 2 unspecified atom stereocenters. The third kappa shape index (κ3) is 5.56. The van der Waals surface area contributed by atoms with Crippen LogP contribution in [0, 0.1) is 5.92 Å². The smallest absolute Gasteiger partial charge is 0.127 e. The average molecular weight is 295 g/mol. The Morgan fingerprint density at radius 3 is 2.52 bits per heavy atom. The molecule has 1 rings (SSSR count). The Morgan fingerprint density at radius 1 is 1.19 bits per heavy atom. The van der Waals surface area contributed by atoms with Gasteiger partial charge in [-0.05, 0) is 38.3 Å². The van der Waals surface area contributed by atoms with E-state index in [-0.39, 0.29) is 12.6 Å². The van der Waals surface area contributed by atoms with Crippen molar-refractivity contribution in [3.63, 3.8) is 0 Å². The first-order valence-electron chi connectivity index (χ1n) is 7.72. The van der Waals surface area contributed by atoms with Crippen LogP contribution in [0.1, 0.15) is 44.7 Å². The zero-order valence-electron chi connectivity index (χ0n) is 13.7. The van der Waals surface area contributed by atoms with Gasteiger partial charge in [0, 0.05) is 24.3 Å². The Kier molecular flexibility index (Phi) is 8.16. The highest BCUT2D eigenvalue weighted by Gasteiger charge is 2.14. The summed E-state index contributed by atoms with van der Waals surface area (Å²) in [5.41, 5.74) is 1.12. The van der Waals surface area contributed by atoms with Gasteiger partial charge in [-0.25, -0.2) is 0 Å². The summed E-state index contributed by atoms with van der Waals surface area (Å²) in [6, 6.07) is 6.10. The largest absolute Gasteiger partial charge is 0.497 e. The molecule has 0 fully saturated rings. The molecule has 4 nitrogen and oxygen atoms in total. The molecule has 0 saturated carbocycles. The van der Waals surface area contributed by atoms with Gasteiger partial charge in [-0.2, -0.15) is 0 Å². The Morgan fingerprint density at radius 2 is 1.95 bits per heavy atom. The van der Waals surface area contributed by atoms with Crippen molar-refractivity contribution in [2.24, 2.45) is 5.92 Å². The third-order valence-electron chi connectivity index (χ3n) is 3.85. The van der Waals surface area contributed by atoms with E-state index < -0.39 is 0 Å². The minimum Gasteiger partial charge on any atom is -0.497 e. The molecule has 0 aliphatic rings. The van der Waals surface area contributed by atoms with Crippen molar-refractivity contribution in [1.82, 2.24) is 5.32 Å². The van der Waals surface area contributed by atoms with Crippen molar-refractivity contribution in [3.05, 3.63) is 23.8 Å². The van der Waals surface area contributed by atoms with E-state index in [9.17, 15) is 0 Å². The van der Waals surface area contributed by atoms with Gasteiger partial charge in [0.15, 0.2) is 0 Å². The van der Waals surface area contributed by atoms with Crippen LogP contribution in [-0.2, 0) is 0 Å². The van der Waals surface area contributed by atoms with Gasteiger partial charge >= 0.3 is 0 Å². The number of hydrogen-bond acceptors (Lipinski definition) is 4. The van der Waals surface area contributed by atoms with E-state index in [1.54, 1.807) is 14.2 Å². The zero-order chi connectivity index (χ0) is 15.7. The SMILES string of the molecule is CCCC(CCO)CNC(C)c1ccc(OC)cc1OC. The molecule has 0 bridgehead atoms. The van der Waals surface area contributed by atoms with E-state index in [1.165, 1.54) is 0 Å². The number of hydrogen-bond donors (Lipinski definition) is 2. The molecule has 21 heavy (non-hydrogen) atoms. The fourth-order valence-electron chi connectivity index (χ4n) is 2.57. The second-order valence-corrected chi connectivity index (χ2v) is 5.40. The Labute approximate surface area is 128 Å². The molecule has 4 heteroatoms. The van der Waals surface area contributed by atoms with Gasteiger partial charge in [0.25, 0.3) is 0 Å². The summed E-state index contributed by atoms with van der Waals surface area (Å²) in [6.07, 6.45) is 3.14. The fourth-order valence-corrected chi connectivity index (χ4v) is 2.57. The number of ether oxygens (including phenoxy) is 2. The van der Waals surface area contributed by atoms with E-state index in [1.807, 2.05) is 18.2 Å². The zero-order valence-corrected chi connectivity index (χ0v) is 13.7. The quantitative estimate of drug-likeness (QED) is 0.696. The summed E-state index contributed by atoms with van der Waals surface area (Å²) in [6.45, 7) is 5.48. The van der Waals surface area contributed by atoms with E-state index >= 15 is 0 Å². The number of benzene rings is 1. The van der Waals surface area contributed by atoms with Crippen molar-refractivity contribution < 1.29 is 14.6 Å². The molecule has 0 amide bonds. The Balaban J connectivity index is 2.67. The van der Waals surface area contributed by atoms with Crippen molar-refractivity contribution >= 4 is 0 Å². The van der Waals surface area contributed by atoms with Crippen LogP contribution in [0.3, 0.4) is 0 Å². The lowest BCUT2D eigenvalue weighted by atomic mass is 9.99. The number of rotatable bonds is 10. The molecule has 1 aromatic carbocycles. The van der Waals surface area contributed by atoms with Gasteiger partial charge in [-0.15, -0.1) is 0 Å². The minimum absolute atomic E-state index is 0.198. The summed E-state index contributed by atoms with van der Waals surface area (Å²) in [7, 11) is 3.33. The molecule has 2 N–H and O–H groups in total. The summed E-state index contributed by atoms with van der Waals surface area (Å²) >= 11 is 0. The van der Waals surface area contributed by atoms with Crippen LogP contribution in [0.5, 0.6) is 11.5 Å². The van der Waals surface area contributed by atoms with E-state index in [2.05, 4.69) is 19.2 Å². The van der Waals surface area contributed by atoms with Gasteiger partial charge in [0.1, 0.15) is 11.5 Å². The van der Waals surface area contributed by atoms with Crippen LogP contribution in [0.25, 0.3) is 0 Å². The molecule has 0 aliphatic heterocycles. The van der Waals surface area contributed by atoms with E-state index in [0.29, 0.717) is 5.92 Å². The lowest BCUT2D eigenvalue weighted by Crippen LogP contribution is -2.26. The van der Waals surface area contributed by atoms with Crippen LogP contribution >= 0.6 is 0 Å². The van der Waals surface area contributed by atoms with Crippen molar-refractivity contribution in [3.8, 4) is 11.5 Å². The van der Waals surface area contributed by atoms with Crippen LogP contribution in [0.2, 0.25) is 0 Å². The normalized spacial score (nSPS) is 13.8. The topological polar surface area (TPSA) is 50.7 Å². The number of methoxy groups -OCH3 is 2. The first-order chi connectivity index (χ1) is 10.2. The molecular weight excluding hydrogens is 266 g/mol. The highest BCUT2D eigenvalue weighted by molar-refractivity contribution is 5.42. The monoisotopic (exact) mass is 295 g/mol. The minimum atomic E-state index is 0.198. The second-order valence-electron chi connectivity index (χ2n) is 5.40. The maximum absolute atomic E-state index is 9.12. The molecule has 0 heterocycles. The highest BCUT2D eigenvalue weighted by Crippen LogP contribution is 2.29. The predicted octanol–water partition coefficient (Wildman–Crippen LogP) is 3.15. The maximum Gasteiger partial charge on any atom is 0.127 e. The maximum atomic E-state index is 9.12. The summed E-state index contributed by atoms with van der Waals surface area (Å²) in [4.78, 5) is 0. The molecule has 0 aromatic heterocycles. The second kappa shape index (κ2) is 9.64. The molecule has 0 aliphatic carbocycles. The predicted molar refractivity (Wildman–Crippen MR) is 86.1 cm³/mol. The average Bonchev–Trinajstić information content (AvgIpc) is 2.52. The highest BCUT2D eigenvalue weighted by atomic mass is 16.5. The third-order valence-corrected chi connectivity index (χ3v) is 3.85. The van der Waals surface area contributed by atoms with E-state index in [4.69, 9.17) is 14.6 Å². The number of aliphatic hydroxyl groups is 1. The molecule has 2 atom stereocenters. The fraction of sp³-hybridized carbons (Fsp3) is 0.647. The summed E-state index contributed by atoms with van der Waals surface area (Å²) in [5.74, 6) is 2.15. The summed E-state index contributed by atoms with van der Waals surface area (Å²) < 4.78 is 10.7. The van der Waals surface area contributed by atoms with Gasteiger partial charge in [0.05, 0.1) is 14.2 Å². The first-order valence-corrected chi connectivity index (χ1v) is 7.72. The van der Waals surface area contributed by atoms with Crippen LogP contribution in [0.15, 0.2) is 18.2 Å². The Hall–Kier alpha value is -1.26. The molecule has 0 saturated heterocycles.